The molecule has 3 amide bonds. The SMILES string of the molecule is C=CC(=O)N1CCN(c2nc(=O)n(-c3c(C(C)C)nc(C4CC4)nc3C(C)C)c3nc(-c4c(N)cccc4F)c(F)cc23)[C@@H](C)C1.C=CC(=O)N1C[C@H](C)N(c2nc(=O)n(-c3c(C(C)C)nc(N4CCNCC4)nc3C(C)C)c3nc(-c4c(N)cccc4F)c(Cl)cc23)C[C@H]1C.C=CC(=O)N1C[C@H](C)N(c2nc(=O)n(-c3c(C4CC4)nc(N4CCN(C)CC4)nc3C3CC3)c3nc(-c4ccccc4F)c(F)cc23)C[C@H]1C. The molecule has 0 spiro atoms. The summed E-state index contributed by atoms with van der Waals surface area (Å²) in [7, 11) is 2.11. The molecule has 5 N–H and O–H groups in total. The third kappa shape index (κ3) is 19.7. The third-order valence-electron chi connectivity index (χ3n) is 28.6. The lowest BCUT2D eigenvalue weighted by Crippen LogP contribution is -2.58. The van der Waals surface area contributed by atoms with E-state index in [2.05, 4.69) is 61.8 Å². The van der Waals surface area contributed by atoms with Crippen LogP contribution in [-0.4, -0.2) is 246 Å². The lowest BCUT2D eigenvalue weighted by molar-refractivity contribution is -0.129. The zero-order valence-electron chi connectivity index (χ0n) is 84.7. The standard InChI is InChI=1S/C37H41F2N9O2.C36H44ClFN10O2.C34H38F2N8O2/c1-5-29(49)46-19-22(3)47(20-21(46)2)34-26-18-28(39)32(25-8-6-7-9-27(25)38)40-35(26)48(37(50)43-34)33-30(23-10-11-23)41-36(42-31(33)24-12-13-24)45-16-14-44(4)15-17-45;1-8-27(49)46-17-22(7)47(18-21(46)6)33-23-16-24(37)31(28-25(38)10-9-11-26(28)39)41-34(23)48(36(50)44-33)32-29(19(2)3)42-35(43-30(32)20(4)5)45-14-12-40-13-15-45;1-7-25(45)42-13-14-43(19(6)16-42)32-21-15-23(36)29(26-22(35)9-8-10-24(26)37)40-33(21)44(34(46)41-32)30-27(17(2)3)38-31(20-11-12-20)39-28(30)18(4)5/h5-9,18,21-24H,1,10-17,19-20H2,2-4H3;8-11,16,19-22,40H,1,12-15,17-18,39H2,2-7H3;7-10,15,17-20H,1,11-14,16,37H2,2-6H3/t2*21-,22+;19-/m110/s1. The molecule has 14 heterocycles. The van der Waals surface area contributed by atoms with Crippen LogP contribution in [0.1, 0.15) is 210 Å². The van der Waals surface area contributed by atoms with Crippen LogP contribution in [0.3, 0.4) is 0 Å². The van der Waals surface area contributed by atoms with Gasteiger partial charge in [0.05, 0.1) is 89.2 Å². The Balaban J connectivity index is 0.000000144. The van der Waals surface area contributed by atoms with Crippen LogP contribution in [0.15, 0.2) is 131 Å². The number of aromatic nitrogens is 15. The Hall–Kier alpha value is -14.1. The first-order valence-electron chi connectivity index (χ1n) is 50.3. The van der Waals surface area contributed by atoms with E-state index in [4.69, 9.17) is 67.9 Å². The fraction of sp³-hybridized carbons (Fsp3) is 0.439. The highest BCUT2D eigenvalue weighted by atomic mass is 35.5. The monoisotopic (exact) mass is 2010 g/mol. The van der Waals surface area contributed by atoms with Gasteiger partial charge in [0.25, 0.3) is 0 Å². The summed E-state index contributed by atoms with van der Waals surface area (Å²) < 4.78 is 82.4. The third-order valence-corrected chi connectivity index (χ3v) is 28.9. The number of carbonyl (C=O) groups excluding carboxylic acids is 3. The van der Waals surface area contributed by atoms with Crippen LogP contribution in [0.4, 0.5) is 62.7 Å². The number of fused-ring (bicyclic) bond motifs is 3. The molecule has 33 nitrogen and oxygen atoms in total. The first kappa shape index (κ1) is 102. The van der Waals surface area contributed by atoms with Crippen LogP contribution < -0.4 is 58.4 Å². The van der Waals surface area contributed by atoms with Crippen LogP contribution in [0.2, 0.25) is 5.02 Å². The number of hydrogen-bond acceptors (Lipinski definition) is 27. The van der Waals surface area contributed by atoms with E-state index in [1.54, 1.807) is 32.9 Å². The zero-order chi connectivity index (χ0) is 104. The summed E-state index contributed by atoms with van der Waals surface area (Å²) in [6.45, 7) is 45.7. The number of amides is 3. The van der Waals surface area contributed by atoms with Gasteiger partial charge in [-0.1, -0.05) is 111 Å². The van der Waals surface area contributed by atoms with E-state index in [0.29, 0.717) is 114 Å². The average molecular weight is 2010 g/mol. The number of carbonyl (C=O) groups is 3. The minimum atomic E-state index is -0.820. The number of hydrogen-bond donors (Lipinski definition) is 3. The maximum atomic E-state index is 16.2. The Morgan fingerprint density at radius 3 is 1.25 bits per heavy atom. The minimum Gasteiger partial charge on any atom is -0.398 e. The molecule has 20 rings (SSSR count). The molecule has 3 saturated carbocycles. The summed E-state index contributed by atoms with van der Waals surface area (Å²) in [5.74, 6) is -1.05. The normalized spacial score (nSPS) is 19.0. The summed E-state index contributed by atoms with van der Waals surface area (Å²) in [6.07, 6.45) is 9.60. The van der Waals surface area contributed by atoms with E-state index in [1.807, 2.05) is 105 Å². The molecule has 5 aliphatic heterocycles. The van der Waals surface area contributed by atoms with Gasteiger partial charge in [0.15, 0.2) is 22.8 Å². The number of piperazine rings is 5. The maximum absolute atomic E-state index is 16.2. The fourth-order valence-corrected chi connectivity index (χ4v) is 20.6. The molecule has 0 bridgehead atoms. The van der Waals surface area contributed by atoms with E-state index in [1.165, 1.54) is 92.6 Å². The van der Waals surface area contributed by atoms with Gasteiger partial charge < -0.3 is 60.9 Å². The van der Waals surface area contributed by atoms with Crippen LogP contribution >= 0.6 is 11.6 Å². The highest BCUT2D eigenvalue weighted by Gasteiger charge is 2.44. The summed E-state index contributed by atoms with van der Waals surface area (Å²) in [6, 6.07) is 17.4. The zero-order valence-corrected chi connectivity index (χ0v) is 85.5. The summed E-state index contributed by atoms with van der Waals surface area (Å²) in [4.78, 5) is 157. The van der Waals surface area contributed by atoms with E-state index in [9.17, 15) is 28.8 Å². The van der Waals surface area contributed by atoms with Crippen LogP contribution in [0.25, 0.3) is 83.9 Å². The van der Waals surface area contributed by atoms with Gasteiger partial charge in [-0.15, -0.1) is 0 Å². The van der Waals surface area contributed by atoms with Crippen molar-refractivity contribution in [3.8, 4) is 50.8 Å². The number of nitrogen functional groups attached to an aromatic ring is 2. The summed E-state index contributed by atoms with van der Waals surface area (Å²) >= 11 is 6.93. The number of likely N-dealkylation sites (N-methyl/N-ethyl adjacent to an activating group) is 1. The molecular weight excluding hydrogens is 1890 g/mol. The van der Waals surface area contributed by atoms with Crippen LogP contribution in [0, 0.1) is 29.1 Å². The Bertz CT molecular complexity index is 7270. The molecular formula is C107H123ClF5N27O6. The van der Waals surface area contributed by atoms with Crippen molar-refractivity contribution < 1.29 is 36.3 Å². The molecule has 39 heteroatoms. The number of nitrogens with one attached hydrogen (secondary N) is 1. The predicted octanol–water partition coefficient (Wildman–Crippen LogP) is 15.0. The quantitative estimate of drug-likeness (QED) is 0.0342. The molecule has 3 aromatic carbocycles. The second-order valence-electron chi connectivity index (χ2n) is 40.7. The van der Waals surface area contributed by atoms with Gasteiger partial charge in [-0.05, 0) is 177 Å². The van der Waals surface area contributed by atoms with E-state index < -0.39 is 46.2 Å². The second-order valence-corrected chi connectivity index (χ2v) is 41.1. The first-order valence-corrected chi connectivity index (χ1v) is 50.7. The van der Waals surface area contributed by atoms with Gasteiger partial charge in [-0.2, -0.15) is 15.0 Å². The molecule has 12 aromatic rings. The molecule has 8 fully saturated rings. The minimum absolute atomic E-state index is 0.00528. The number of halogens is 6. The number of rotatable bonds is 21. The number of benzene rings is 3. The molecule has 146 heavy (non-hydrogen) atoms. The van der Waals surface area contributed by atoms with E-state index >= 15 is 22.0 Å². The number of pyridine rings is 3. The van der Waals surface area contributed by atoms with Crippen LogP contribution in [-0.2, 0) is 14.4 Å². The summed E-state index contributed by atoms with van der Waals surface area (Å²) in [5.41, 5.74) is 16.4. The molecule has 3 aliphatic carbocycles. The number of anilines is 7. The topological polar surface area (TPSA) is 365 Å². The highest BCUT2D eigenvalue weighted by Crippen LogP contribution is 2.51. The average Bonchev–Trinajstić information content (AvgIpc) is 0.830. The maximum Gasteiger partial charge on any atom is 0.355 e. The van der Waals surface area contributed by atoms with Crippen molar-refractivity contribution in [2.75, 3.05) is 141 Å². The Morgan fingerprint density at radius 2 is 0.808 bits per heavy atom. The molecule has 0 radical (unpaired) electrons. The molecule has 0 unspecified atom stereocenters. The fourth-order valence-electron chi connectivity index (χ4n) is 20.4. The second kappa shape index (κ2) is 41.4. The van der Waals surface area contributed by atoms with Gasteiger partial charge in [-0.3, -0.25) is 14.4 Å². The van der Waals surface area contributed by atoms with Gasteiger partial charge in [0.2, 0.25) is 29.6 Å². The molecule has 9 aromatic heterocycles. The van der Waals surface area contributed by atoms with E-state index in [0.717, 1.165) is 108 Å². The van der Waals surface area contributed by atoms with Gasteiger partial charge in [0.1, 0.15) is 57.9 Å². The summed E-state index contributed by atoms with van der Waals surface area (Å²) in [5, 5.41) is 4.56. The largest absolute Gasteiger partial charge is 0.398 e. The van der Waals surface area contributed by atoms with Crippen molar-refractivity contribution in [2.45, 2.75) is 200 Å². The lowest BCUT2D eigenvalue weighted by atomic mass is 10.0. The van der Waals surface area contributed by atoms with Crippen LogP contribution in [0.5, 0.6) is 0 Å². The van der Waals surface area contributed by atoms with Gasteiger partial charge in [-0.25, -0.2) is 94.9 Å². The smallest absolute Gasteiger partial charge is 0.355 e. The molecule has 764 valence electrons. The first-order chi connectivity index (χ1) is 69.8. The highest BCUT2D eigenvalue weighted by molar-refractivity contribution is 6.34. The van der Waals surface area contributed by atoms with Gasteiger partial charge in [0, 0.05) is 163 Å². The Kier molecular flexibility index (Phi) is 28.9. The van der Waals surface area contributed by atoms with Crippen molar-refractivity contribution >= 4 is 103 Å². The molecule has 5 atom stereocenters. The van der Waals surface area contributed by atoms with Crippen molar-refractivity contribution in [3.05, 3.63) is 222 Å². The molecule has 8 aliphatic rings. The lowest BCUT2D eigenvalue weighted by Gasteiger charge is -2.44. The Labute approximate surface area is 847 Å². The van der Waals surface area contributed by atoms with Crippen molar-refractivity contribution in [3.63, 3.8) is 0 Å². The van der Waals surface area contributed by atoms with Gasteiger partial charge >= 0.3 is 17.1 Å². The van der Waals surface area contributed by atoms with Crippen molar-refractivity contribution in [2.24, 2.45) is 0 Å². The number of nitrogens with two attached hydrogens (primary N) is 2. The Morgan fingerprint density at radius 1 is 0.411 bits per heavy atom. The number of nitrogens with zero attached hydrogens (tertiary/aromatic N) is 24. The molecule has 5 saturated heterocycles. The predicted molar refractivity (Wildman–Crippen MR) is 559 cm³/mol. The van der Waals surface area contributed by atoms with Crippen molar-refractivity contribution in [1.29, 1.82) is 0 Å². The van der Waals surface area contributed by atoms with Crippen molar-refractivity contribution in [1.82, 2.24) is 98.4 Å². The van der Waals surface area contributed by atoms with E-state index in [-0.39, 0.29) is 173 Å².